The second kappa shape index (κ2) is 4.72. The van der Waals surface area contributed by atoms with Crippen molar-refractivity contribution in [3.8, 4) is 0 Å². The van der Waals surface area contributed by atoms with E-state index in [1.54, 1.807) is 18.2 Å². The predicted octanol–water partition coefficient (Wildman–Crippen LogP) is 3.34. The van der Waals surface area contributed by atoms with Crippen LogP contribution in [0.15, 0.2) is 45.6 Å². The van der Waals surface area contributed by atoms with Crippen LogP contribution in [-0.4, -0.2) is 9.55 Å². The van der Waals surface area contributed by atoms with Crippen LogP contribution in [0.3, 0.4) is 0 Å². The summed E-state index contributed by atoms with van der Waals surface area (Å²) in [6.45, 7) is 0.291. The Hall–Kier alpha value is -1.78. The fraction of sp³-hybridized carbons (Fsp3) is 0.0769. The first-order valence-corrected chi connectivity index (χ1v) is 6.30. The number of oxazole rings is 1. The standard InChI is InChI=1S/C13H8Cl2N2O2/c14-11-6-5-8(12(15)16-11)7-17-9-3-1-2-4-10(9)19-13(17)18/h1-6H,7H2. The molecule has 3 aromatic rings. The predicted molar refractivity (Wildman–Crippen MR) is 73.8 cm³/mol. The van der Waals surface area contributed by atoms with Gasteiger partial charge in [-0.2, -0.15) is 0 Å². The SMILES string of the molecule is O=c1oc2ccccc2n1Cc1ccc(Cl)nc1Cl. The summed E-state index contributed by atoms with van der Waals surface area (Å²) < 4.78 is 6.66. The van der Waals surface area contributed by atoms with Crippen LogP contribution in [0.1, 0.15) is 5.56 Å². The van der Waals surface area contributed by atoms with E-state index in [4.69, 9.17) is 27.6 Å². The second-order valence-corrected chi connectivity index (χ2v) is 4.75. The summed E-state index contributed by atoms with van der Waals surface area (Å²) in [5, 5.41) is 0.600. The van der Waals surface area contributed by atoms with Gasteiger partial charge in [0.15, 0.2) is 5.58 Å². The number of fused-ring (bicyclic) bond motifs is 1. The minimum atomic E-state index is -0.424. The molecule has 96 valence electrons. The molecule has 4 nitrogen and oxygen atoms in total. The van der Waals surface area contributed by atoms with Gasteiger partial charge in [0.25, 0.3) is 0 Å². The molecule has 0 atom stereocenters. The van der Waals surface area contributed by atoms with E-state index in [0.717, 1.165) is 5.52 Å². The lowest BCUT2D eigenvalue weighted by atomic mass is 10.2. The Balaban J connectivity index is 2.10. The van der Waals surface area contributed by atoms with Crippen molar-refractivity contribution in [2.75, 3.05) is 0 Å². The zero-order chi connectivity index (χ0) is 13.4. The third-order valence-corrected chi connectivity index (χ3v) is 3.33. The van der Waals surface area contributed by atoms with Crippen molar-refractivity contribution < 1.29 is 4.42 Å². The van der Waals surface area contributed by atoms with Gasteiger partial charge in [-0.25, -0.2) is 9.78 Å². The summed E-state index contributed by atoms with van der Waals surface area (Å²) in [6, 6.07) is 10.6. The molecule has 2 heterocycles. The summed E-state index contributed by atoms with van der Waals surface area (Å²) in [6.07, 6.45) is 0. The Morgan fingerprint density at radius 1 is 1.16 bits per heavy atom. The van der Waals surface area contributed by atoms with E-state index in [2.05, 4.69) is 4.98 Å². The molecule has 0 aliphatic carbocycles. The monoisotopic (exact) mass is 294 g/mol. The van der Waals surface area contributed by atoms with Crippen LogP contribution >= 0.6 is 23.2 Å². The maximum Gasteiger partial charge on any atom is 0.420 e. The van der Waals surface area contributed by atoms with Crippen molar-refractivity contribution >= 4 is 34.3 Å². The number of para-hydroxylation sites is 2. The van der Waals surface area contributed by atoms with Gasteiger partial charge >= 0.3 is 5.76 Å². The van der Waals surface area contributed by atoms with Crippen molar-refractivity contribution in [2.24, 2.45) is 0 Å². The van der Waals surface area contributed by atoms with Crippen LogP contribution in [0, 0.1) is 0 Å². The minimum Gasteiger partial charge on any atom is -0.408 e. The molecule has 0 radical (unpaired) electrons. The van der Waals surface area contributed by atoms with Crippen LogP contribution in [0.2, 0.25) is 10.3 Å². The number of hydrogen-bond acceptors (Lipinski definition) is 3. The molecule has 3 rings (SSSR count). The van der Waals surface area contributed by atoms with Gasteiger partial charge in [-0.1, -0.05) is 41.4 Å². The Labute approximate surface area is 118 Å². The zero-order valence-corrected chi connectivity index (χ0v) is 11.1. The molecular weight excluding hydrogens is 287 g/mol. The van der Waals surface area contributed by atoms with Gasteiger partial charge in [0.1, 0.15) is 10.3 Å². The Bertz CT molecular complexity index is 808. The highest BCUT2D eigenvalue weighted by Crippen LogP contribution is 2.19. The Kier molecular flexibility index (Phi) is 3.05. The Morgan fingerprint density at radius 3 is 2.74 bits per heavy atom. The van der Waals surface area contributed by atoms with Gasteiger partial charge in [-0.05, 0) is 18.2 Å². The maximum absolute atomic E-state index is 11.8. The van der Waals surface area contributed by atoms with E-state index in [9.17, 15) is 4.79 Å². The average molecular weight is 295 g/mol. The molecule has 0 N–H and O–H groups in total. The van der Waals surface area contributed by atoms with Crippen molar-refractivity contribution in [2.45, 2.75) is 6.54 Å². The number of hydrogen-bond donors (Lipinski definition) is 0. The van der Waals surface area contributed by atoms with E-state index in [-0.39, 0.29) is 5.15 Å². The topological polar surface area (TPSA) is 48.0 Å². The normalized spacial score (nSPS) is 11.1. The molecule has 19 heavy (non-hydrogen) atoms. The van der Waals surface area contributed by atoms with E-state index in [1.807, 2.05) is 18.2 Å². The fourth-order valence-corrected chi connectivity index (χ4v) is 2.30. The first-order chi connectivity index (χ1) is 9.15. The van der Waals surface area contributed by atoms with Crippen LogP contribution < -0.4 is 5.76 Å². The first kappa shape index (κ1) is 12.3. The zero-order valence-electron chi connectivity index (χ0n) is 9.64. The summed E-state index contributed by atoms with van der Waals surface area (Å²) in [7, 11) is 0. The summed E-state index contributed by atoms with van der Waals surface area (Å²) >= 11 is 11.8. The molecule has 0 bridgehead atoms. The quantitative estimate of drug-likeness (QED) is 0.681. The number of pyridine rings is 1. The fourth-order valence-electron chi connectivity index (χ4n) is 1.89. The third kappa shape index (κ3) is 2.25. The molecule has 0 amide bonds. The van der Waals surface area contributed by atoms with Gasteiger partial charge in [0.2, 0.25) is 0 Å². The number of halogens is 2. The highest BCUT2D eigenvalue weighted by Gasteiger charge is 2.11. The van der Waals surface area contributed by atoms with Crippen LogP contribution in [0.5, 0.6) is 0 Å². The average Bonchev–Trinajstić information content (AvgIpc) is 2.69. The summed E-state index contributed by atoms with van der Waals surface area (Å²) in [5.41, 5.74) is 1.98. The van der Waals surface area contributed by atoms with Crippen LogP contribution in [0.4, 0.5) is 0 Å². The van der Waals surface area contributed by atoms with E-state index in [0.29, 0.717) is 22.8 Å². The smallest absolute Gasteiger partial charge is 0.408 e. The van der Waals surface area contributed by atoms with Crippen molar-refractivity contribution in [1.82, 2.24) is 9.55 Å². The van der Waals surface area contributed by atoms with Crippen molar-refractivity contribution in [3.05, 3.63) is 62.8 Å². The van der Waals surface area contributed by atoms with Crippen LogP contribution in [0.25, 0.3) is 11.1 Å². The summed E-state index contributed by atoms with van der Waals surface area (Å²) in [4.78, 5) is 15.8. The second-order valence-electron chi connectivity index (χ2n) is 4.01. The van der Waals surface area contributed by atoms with Crippen LogP contribution in [-0.2, 0) is 6.54 Å². The molecule has 0 saturated carbocycles. The van der Waals surface area contributed by atoms with E-state index in [1.165, 1.54) is 4.57 Å². The van der Waals surface area contributed by atoms with Gasteiger partial charge in [0, 0.05) is 5.56 Å². The van der Waals surface area contributed by atoms with Gasteiger partial charge < -0.3 is 4.42 Å². The molecule has 0 aliphatic heterocycles. The number of aromatic nitrogens is 2. The minimum absolute atomic E-state index is 0.282. The van der Waals surface area contributed by atoms with Crippen molar-refractivity contribution in [3.63, 3.8) is 0 Å². The van der Waals surface area contributed by atoms with E-state index < -0.39 is 5.76 Å². The molecule has 0 spiro atoms. The van der Waals surface area contributed by atoms with Gasteiger partial charge in [-0.3, -0.25) is 4.57 Å². The lowest BCUT2D eigenvalue weighted by Gasteiger charge is -2.04. The molecule has 0 aliphatic rings. The number of benzene rings is 1. The first-order valence-electron chi connectivity index (χ1n) is 5.54. The number of nitrogens with zero attached hydrogens (tertiary/aromatic N) is 2. The van der Waals surface area contributed by atoms with Gasteiger partial charge in [-0.15, -0.1) is 0 Å². The maximum atomic E-state index is 11.8. The largest absolute Gasteiger partial charge is 0.420 e. The number of rotatable bonds is 2. The van der Waals surface area contributed by atoms with Crippen molar-refractivity contribution in [1.29, 1.82) is 0 Å². The molecule has 1 aromatic carbocycles. The molecule has 0 saturated heterocycles. The molecule has 0 unspecified atom stereocenters. The highest BCUT2D eigenvalue weighted by molar-refractivity contribution is 6.32. The highest BCUT2D eigenvalue weighted by atomic mass is 35.5. The molecule has 6 heteroatoms. The molecule has 0 fully saturated rings. The lowest BCUT2D eigenvalue weighted by Crippen LogP contribution is -2.15. The lowest BCUT2D eigenvalue weighted by molar-refractivity contribution is 0.517. The molecule has 2 aromatic heterocycles. The summed E-state index contributed by atoms with van der Waals surface area (Å²) in [5.74, 6) is -0.424. The third-order valence-electron chi connectivity index (χ3n) is 2.79. The van der Waals surface area contributed by atoms with E-state index >= 15 is 0 Å². The van der Waals surface area contributed by atoms with Gasteiger partial charge in [0.05, 0.1) is 12.1 Å². The Morgan fingerprint density at radius 2 is 1.95 bits per heavy atom. The molecular formula is C13H8Cl2N2O2.